The molecule has 1 fully saturated rings. The van der Waals surface area contributed by atoms with Crippen molar-refractivity contribution in [2.45, 2.75) is 38.3 Å². The summed E-state index contributed by atoms with van der Waals surface area (Å²) in [7, 11) is 1.77. The van der Waals surface area contributed by atoms with Gasteiger partial charge in [-0.15, -0.1) is 0 Å². The molecule has 2 aliphatic rings. The molecule has 0 bridgehead atoms. The van der Waals surface area contributed by atoms with Crippen LogP contribution in [-0.4, -0.2) is 57.4 Å². The second-order valence-corrected chi connectivity index (χ2v) is 8.18. The zero-order chi connectivity index (χ0) is 20.0. The van der Waals surface area contributed by atoms with Crippen molar-refractivity contribution >= 4 is 28.6 Å². The van der Waals surface area contributed by atoms with E-state index in [4.69, 9.17) is 9.47 Å². The largest absolute Gasteiger partial charge is 0.462 e. The van der Waals surface area contributed by atoms with Gasteiger partial charge in [-0.3, -0.25) is 4.57 Å². The molecule has 0 atom stereocenters. The van der Waals surface area contributed by atoms with E-state index in [0.29, 0.717) is 30.4 Å². The summed E-state index contributed by atoms with van der Waals surface area (Å²) in [5, 5.41) is 3.31. The van der Waals surface area contributed by atoms with Crippen molar-refractivity contribution in [1.82, 2.24) is 24.5 Å². The van der Waals surface area contributed by atoms with Crippen molar-refractivity contribution in [2.75, 3.05) is 37.0 Å². The van der Waals surface area contributed by atoms with E-state index in [9.17, 15) is 0 Å². The number of methoxy groups -OCH3 is 1. The molecule has 0 aliphatic carbocycles. The second kappa shape index (κ2) is 6.84. The lowest BCUT2D eigenvalue weighted by Crippen LogP contribution is -2.37. The molecule has 9 heteroatoms. The van der Waals surface area contributed by atoms with Crippen LogP contribution in [0.5, 0.6) is 6.01 Å². The first kappa shape index (κ1) is 18.1. The molecule has 0 aromatic carbocycles. The zero-order valence-electron chi connectivity index (χ0n) is 16.9. The predicted octanol–water partition coefficient (Wildman–Crippen LogP) is 2.71. The fraction of sp³-hybridized carbons (Fsp3) is 0.500. The van der Waals surface area contributed by atoms with Crippen LogP contribution in [0, 0.1) is 0 Å². The fourth-order valence-corrected chi connectivity index (χ4v) is 4.01. The minimum absolute atomic E-state index is 0.140. The molecule has 0 saturated carbocycles. The maximum Gasteiger partial charge on any atom is 0.298 e. The SMILES string of the molecule is COC1CCN(c2nccc(Nc3cc4c(cn3)nc3n4C(C)(C)CO3)n2)CC1. The standard InChI is InChI=1S/C20H25N7O2/c1-20(2)12-29-19-23-14-11-22-17(10-15(14)27(19)20)24-16-4-7-21-18(25-16)26-8-5-13(28-3)6-9-26/h4,7,10-11,13H,5-6,8-9,12H2,1-3H3,(H,21,22,24,25). The minimum atomic E-state index is -0.140. The highest BCUT2D eigenvalue weighted by atomic mass is 16.5. The van der Waals surface area contributed by atoms with Crippen molar-refractivity contribution < 1.29 is 9.47 Å². The Labute approximate surface area is 169 Å². The van der Waals surface area contributed by atoms with E-state index >= 15 is 0 Å². The number of hydrogen-bond donors (Lipinski definition) is 1. The fourth-order valence-electron chi connectivity index (χ4n) is 4.01. The van der Waals surface area contributed by atoms with Gasteiger partial charge in [-0.2, -0.15) is 9.97 Å². The van der Waals surface area contributed by atoms with Gasteiger partial charge < -0.3 is 19.7 Å². The molecule has 0 radical (unpaired) electrons. The number of hydrogen-bond acceptors (Lipinski definition) is 8. The zero-order valence-corrected chi connectivity index (χ0v) is 16.9. The lowest BCUT2D eigenvalue weighted by molar-refractivity contribution is 0.0816. The van der Waals surface area contributed by atoms with Crippen molar-refractivity contribution in [1.29, 1.82) is 0 Å². The average molecular weight is 395 g/mol. The molecule has 3 aromatic heterocycles. The van der Waals surface area contributed by atoms with Gasteiger partial charge in [0, 0.05) is 32.5 Å². The van der Waals surface area contributed by atoms with Gasteiger partial charge in [0.15, 0.2) is 0 Å². The first-order valence-electron chi connectivity index (χ1n) is 9.93. The highest BCUT2D eigenvalue weighted by Crippen LogP contribution is 2.35. The number of aromatic nitrogens is 5. The minimum Gasteiger partial charge on any atom is -0.462 e. The normalized spacial score (nSPS) is 18.7. The van der Waals surface area contributed by atoms with Gasteiger partial charge in [0.1, 0.15) is 23.8 Å². The van der Waals surface area contributed by atoms with Crippen molar-refractivity contribution in [3.8, 4) is 6.01 Å². The van der Waals surface area contributed by atoms with Crippen LogP contribution in [-0.2, 0) is 10.3 Å². The number of ether oxygens (including phenoxy) is 2. The van der Waals surface area contributed by atoms with Crippen LogP contribution >= 0.6 is 0 Å². The molecule has 1 saturated heterocycles. The molecular formula is C20H25N7O2. The molecule has 5 rings (SSSR count). The highest BCUT2D eigenvalue weighted by Gasteiger charge is 2.34. The van der Waals surface area contributed by atoms with Gasteiger partial charge in [-0.25, -0.2) is 9.97 Å². The molecule has 9 nitrogen and oxygen atoms in total. The van der Waals surface area contributed by atoms with Gasteiger partial charge in [-0.1, -0.05) is 0 Å². The smallest absolute Gasteiger partial charge is 0.298 e. The number of pyridine rings is 1. The van der Waals surface area contributed by atoms with E-state index in [-0.39, 0.29) is 5.54 Å². The van der Waals surface area contributed by atoms with E-state index < -0.39 is 0 Å². The summed E-state index contributed by atoms with van der Waals surface area (Å²) in [6.45, 7) is 6.68. The van der Waals surface area contributed by atoms with Crippen LogP contribution in [0.4, 0.5) is 17.6 Å². The molecule has 5 heterocycles. The van der Waals surface area contributed by atoms with Gasteiger partial charge in [0.05, 0.1) is 23.4 Å². The summed E-state index contributed by atoms with van der Waals surface area (Å²) >= 11 is 0. The summed E-state index contributed by atoms with van der Waals surface area (Å²) in [6.07, 6.45) is 5.84. The highest BCUT2D eigenvalue weighted by molar-refractivity contribution is 5.80. The summed E-state index contributed by atoms with van der Waals surface area (Å²) in [5.74, 6) is 2.16. The van der Waals surface area contributed by atoms with Crippen LogP contribution in [0.25, 0.3) is 11.0 Å². The Morgan fingerprint density at radius 3 is 2.79 bits per heavy atom. The number of fused-ring (bicyclic) bond motifs is 3. The average Bonchev–Trinajstić information content (AvgIpc) is 3.25. The second-order valence-electron chi connectivity index (χ2n) is 8.18. The molecule has 2 aliphatic heterocycles. The number of piperidine rings is 1. The number of nitrogens with one attached hydrogen (secondary N) is 1. The quantitative estimate of drug-likeness (QED) is 0.721. The maximum absolute atomic E-state index is 5.72. The molecular weight excluding hydrogens is 370 g/mol. The van der Waals surface area contributed by atoms with Crippen molar-refractivity contribution in [2.24, 2.45) is 0 Å². The molecule has 0 unspecified atom stereocenters. The topological polar surface area (TPSA) is 90.2 Å². The Bertz CT molecular complexity index is 1040. The van der Waals surface area contributed by atoms with Crippen LogP contribution in [0.2, 0.25) is 0 Å². The monoisotopic (exact) mass is 395 g/mol. The summed E-state index contributed by atoms with van der Waals surface area (Å²) < 4.78 is 13.3. The molecule has 0 amide bonds. The number of rotatable bonds is 4. The molecule has 152 valence electrons. The predicted molar refractivity (Wildman–Crippen MR) is 110 cm³/mol. The van der Waals surface area contributed by atoms with E-state index in [0.717, 1.165) is 42.9 Å². The third kappa shape index (κ3) is 3.25. The maximum atomic E-state index is 5.72. The molecule has 3 aromatic rings. The van der Waals surface area contributed by atoms with Crippen molar-refractivity contribution in [3.05, 3.63) is 24.5 Å². The third-order valence-electron chi connectivity index (χ3n) is 5.63. The van der Waals surface area contributed by atoms with Gasteiger partial charge in [-0.05, 0) is 32.8 Å². The Morgan fingerprint density at radius 1 is 1.17 bits per heavy atom. The number of imidazole rings is 1. The Hall–Kier alpha value is -2.94. The molecule has 0 spiro atoms. The Kier molecular flexibility index (Phi) is 4.27. The lowest BCUT2D eigenvalue weighted by Gasteiger charge is -2.31. The summed E-state index contributed by atoms with van der Waals surface area (Å²) in [5.41, 5.74) is 1.68. The van der Waals surface area contributed by atoms with Crippen LogP contribution < -0.4 is 15.0 Å². The van der Waals surface area contributed by atoms with Crippen molar-refractivity contribution in [3.63, 3.8) is 0 Å². The Balaban J connectivity index is 1.39. The van der Waals surface area contributed by atoms with Gasteiger partial charge in [0.25, 0.3) is 6.01 Å². The third-order valence-corrected chi connectivity index (χ3v) is 5.63. The first-order chi connectivity index (χ1) is 14.0. The van der Waals surface area contributed by atoms with Crippen LogP contribution in [0.3, 0.4) is 0 Å². The molecule has 1 N–H and O–H groups in total. The van der Waals surface area contributed by atoms with Crippen LogP contribution in [0.1, 0.15) is 26.7 Å². The van der Waals surface area contributed by atoms with E-state index in [1.807, 2.05) is 12.1 Å². The summed E-state index contributed by atoms with van der Waals surface area (Å²) in [6, 6.07) is 4.49. The van der Waals surface area contributed by atoms with Gasteiger partial charge in [0.2, 0.25) is 5.95 Å². The van der Waals surface area contributed by atoms with E-state index in [2.05, 4.69) is 48.6 Å². The number of anilines is 3. The summed E-state index contributed by atoms with van der Waals surface area (Å²) in [4.78, 5) is 20.4. The van der Waals surface area contributed by atoms with Crippen LogP contribution in [0.15, 0.2) is 24.5 Å². The first-order valence-corrected chi connectivity index (χ1v) is 9.93. The number of nitrogens with zero attached hydrogens (tertiary/aromatic N) is 6. The van der Waals surface area contributed by atoms with Gasteiger partial charge >= 0.3 is 0 Å². The lowest BCUT2D eigenvalue weighted by atomic mass is 10.1. The molecule has 29 heavy (non-hydrogen) atoms. The van der Waals surface area contributed by atoms with E-state index in [1.165, 1.54) is 0 Å². The van der Waals surface area contributed by atoms with E-state index in [1.54, 1.807) is 19.5 Å². The Morgan fingerprint density at radius 2 is 2.00 bits per heavy atom.